The van der Waals surface area contributed by atoms with Crippen molar-refractivity contribution in [1.82, 2.24) is 20.2 Å². The van der Waals surface area contributed by atoms with Crippen LogP contribution in [0, 0.1) is 0 Å². The highest BCUT2D eigenvalue weighted by atomic mass is 16.5. The second-order valence-corrected chi connectivity index (χ2v) is 6.67. The molecule has 8 heteroatoms. The summed E-state index contributed by atoms with van der Waals surface area (Å²) in [6.07, 6.45) is 2.84. The number of benzene rings is 2. The van der Waals surface area contributed by atoms with Crippen LogP contribution in [0.1, 0.15) is 12.0 Å². The first-order chi connectivity index (χ1) is 14.7. The van der Waals surface area contributed by atoms with Gasteiger partial charge in [-0.3, -0.25) is 4.99 Å². The zero-order chi connectivity index (χ0) is 21.3. The lowest BCUT2D eigenvalue weighted by molar-refractivity contribution is 0.323. The number of nitrogens with one attached hydrogen (secondary N) is 2. The number of aryl methyl sites for hydroxylation is 1. The number of guanidine groups is 1. The van der Waals surface area contributed by atoms with Crippen LogP contribution in [0.2, 0.25) is 0 Å². The molecule has 0 spiro atoms. The van der Waals surface area contributed by atoms with Crippen LogP contribution in [0.3, 0.4) is 0 Å². The Hall–Kier alpha value is -3.42. The predicted molar refractivity (Wildman–Crippen MR) is 119 cm³/mol. The summed E-state index contributed by atoms with van der Waals surface area (Å²) in [6.45, 7) is 2.25. The van der Waals surface area contributed by atoms with E-state index in [4.69, 9.17) is 14.2 Å². The molecule has 2 aromatic carbocycles. The molecule has 160 valence electrons. The number of rotatable bonds is 9. The molecule has 8 nitrogen and oxygen atoms in total. The van der Waals surface area contributed by atoms with E-state index in [1.165, 1.54) is 0 Å². The van der Waals surface area contributed by atoms with Crippen molar-refractivity contribution in [2.24, 2.45) is 4.99 Å². The van der Waals surface area contributed by atoms with Crippen LogP contribution in [-0.2, 0) is 13.1 Å². The molecule has 0 aliphatic heterocycles. The van der Waals surface area contributed by atoms with Crippen molar-refractivity contribution in [3.05, 3.63) is 48.3 Å². The third-order valence-electron chi connectivity index (χ3n) is 4.80. The highest BCUT2D eigenvalue weighted by molar-refractivity contribution is 5.79. The number of fused-ring (bicyclic) bond motifs is 1. The summed E-state index contributed by atoms with van der Waals surface area (Å²) < 4.78 is 18.4. The fraction of sp³-hybridized carbons (Fsp3) is 0.364. The van der Waals surface area contributed by atoms with E-state index in [0.717, 1.165) is 42.1 Å². The molecule has 0 unspecified atom stereocenters. The minimum Gasteiger partial charge on any atom is -0.493 e. The van der Waals surface area contributed by atoms with Crippen molar-refractivity contribution in [2.75, 3.05) is 34.9 Å². The van der Waals surface area contributed by atoms with Crippen LogP contribution < -0.4 is 24.8 Å². The van der Waals surface area contributed by atoms with Gasteiger partial charge in [0, 0.05) is 26.7 Å². The maximum atomic E-state index is 5.41. The van der Waals surface area contributed by atoms with Crippen molar-refractivity contribution in [3.63, 3.8) is 0 Å². The summed E-state index contributed by atoms with van der Waals surface area (Å²) in [6, 6.07) is 12.0. The van der Waals surface area contributed by atoms with E-state index >= 15 is 0 Å². The van der Waals surface area contributed by atoms with E-state index in [9.17, 15) is 0 Å². The minimum atomic E-state index is 0.572. The van der Waals surface area contributed by atoms with Crippen LogP contribution >= 0.6 is 0 Å². The monoisotopic (exact) mass is 411 g/mol. The van der Waals surface area contributed by atoms with Crippen molar-refractivity contribution in [1.29, 1.82) is 0 Å². The van der Waals surface area contributed by atoms with Crippen LogP contribution in [0.15, 0.2) is 47.7 Å². The largest absolute Gasteiger partial charge is 0.493 e. The molecule has 1 heterocycles. The zero-order valence-electron chi connectivity index (χ0n) is 17.9. The molecule has 0 saturated heterocycles. The highest BCUT2D eigenvalue weighted by Crippen LogP contribution is 2.38. The third kappa shape index (κ3) is 4.94. The molecular formula is C22H29N5O3. The number of hydrogen-bond donors (Lipinski definition) is 2. The number of nitrogens with zero attached hydrogens (tertiary/aromatic N) is 3. The Kier molecular flexibility index (Phi) is 7.37. The molecule has 3 aromatic rings. The first kappa shape index (κ1) is 21.3. The van der Waals surface area contributed by atoms with Gasteiger partial charge in [0.25, 0.3) is 0 Å². The second kappa shape index (κ2) is 10.4. The van der Waals surface area contributed by atoms with E-state index in [1.807, 2.05) is 36.7 Å². The molecule has 0 bridgehead atoms. The SMILES string of the molecule is CN=C(NCCCn1cnc2ccccc21)NCc1cc(OC)c(OC)c(OC)c1. The van der Waals surface area contributed by atoms with Gasteiger partial charge in [0.15, 0.2) is 17.5 Å². The number of ether oxygens (including phenoxy) is 3. The normalized spacial score (nSPS) is 11.4. The molecule has 0 saturated carbocycles. The molecule has 0 fully saturated rings. The molecular weight excluding hydrogens is 382 g/mol. The lowest BCUT2D eigenvalue weighted by atomic mass is 10.2. The maximum Gasteiger partial charge on any atom is 0.203 e. The summed E-state index contributed by atoms with van der Waals surface area (Å²) in [4.78, 5) is 8.72. The fourth-order valence-electron chi connectivity index (χ4n) is 3.29. The van der Waals surface area contributed by atoms with Gasteiger partial charge in [-0.25, -0.2) is 4.98 Å². The average Bonchev–Trinajstić information content (AvgIpc) is 3.20. The van der Waals surface area contributed by atoms with Crippen molar-refractivity contribution in [2.45, 2.75) is 19.5 Å². The second-order valence-electron chi connectivity index (χ2n) is 6.67. The van der Waals surface area contributed by atoms with Gasteiger partial charge in [-0.1, -0.05) is 12.1 Å². The van der Waals surface area contributed by atoms with Crippen molar-refractivity contribution >= 4 is 17.0 Å². The molecule has 0 aliphatic carbocycles. The average molecular weight is 412 g/mol. The molecule has 1 aromatic heterocycles. The van der Waals surface area contributed by atoms with Crippen molar-refractivity contribution < 1.29 is 14.2 Å². The summed E-state index contributed by atoms with van der Waals surface area (Å²) in [7, 11) is 6.57. The van der Waals surface area contributed by atoms with Gasteiger partial charge in [-0.15, -0.1) is 0 Å². The molecule has 0 atom stereocenters. The Bertz CT molecular complexity index is 974. The number of aromatic nitrogens is 2. The van der Waals surface area contributed by atoms with Crippen LogP contribution in [0.25, 0.3) is 11.0 Å². The number of methoxy groups -OCH3 is 3. The number of para-hydroxylation sites is 2. The number of hydrogen-bond acceptors (Lipinski definition) is 5. The van der Waals surface area contributed by atoms with Gasteiger partial charge < -0.3 is 29.4 Å². The quantitative estimate of drug-likeness (QED) is 0.320. The van der Waals surface area contributed by atoms with Gasteiger partial charge in [0.1, 0.15) is 0 Å². The summed E-state index contributed by atoms with van der Waals surface area (Å²) in [5, 5.41) is 6.66. The lowest BCUT2D eigenvalue weighted by Crippen LogP contribution is -2.37. The van der Waals surface area contributed by atoms with Crippen LogP contribution in [0.5, 0.6) is 17.2 Å². The highest BCUT2D eigenvalue weighted by Gasteiger charge is 2.13. The molecule has 0 amide bonds. The molecule has 3 rings (SSSR count). The van der Waals surface area contributed by atoms with Gasteiger partial charge in [0.2, 0.25) is 5.75 Å². The number of imidazole rings is 1. The summed E-state index contributed by atoms with van der Waals surface area (Å²) in [5.74, 6) is 2.57. The Morgan fingerprint density at radius 1 is 1.03 bits per heavy atom. The fourth-order valence-corrected chi connectivity index (χ4v) is 3.29. The van der Waals surface area contributed by atoms with Gasteiger partial charge >= 0.3 is 0 Å². The Morgan fingerprint density at radius 2 is 1.77 bits per heavy atom. The van der Waals surface area contributed by atoms with Gasteiger partial charge in [-0.05, 0) is 36.2 Å². The first-order valence-corrected chi connectivity index (χ1v) is 9.83. The first-order valence-electron chi connectivity index (χ1n) is 9.83. The Labute approximate surface area is 176 Å². The lowest BCUT2D eigenvalue weighted by Gasteiger charge is -2.16. The van der Waals surface area contributed by atoms with E-state index in [1.54, 1.807) is 28.4 Å². The smallest absolute Gasteiger partial charge is 0.203 e. The standard InChI is InChI=1S/C22H29N5O3/c1-23-22(24-10-7-11-27-15-26-17-8-5-6-9-18(17)27)25-14-16-12-19(28-2)21(30-4)20(13-16)29-3/h5-6,8-9,12-13,15H,7,10-11,14H2,1-4H3,(H2,23,24,25). The van der Waals surface area contributed by atoms with Gasteiger partial charge in [0.05, 0.1) is 38.7 Å². The minimum absolute atomic E-state index is 0.572. The van der Waals surface area contributed by atoms with E-state index in [0.29, 0.717) is 23.8 Å². The van der Waals surface area contributed by atoms with E-state index in [-0.39, 0.29) is 0 Å². The summed E-state index contributed by atoms with van der Waals surface area (Å²) >= 11 is 0. The summed E-state index contributed by atoms with van der Waals surface area (Å²) in [5.41, 5.74) is 3.17. The van der Waals surface area contributed by atoms with Crippen molar-refractivity contribution in [3.8, 4) is 17.2 Å². The van der Waals surface area contributed by atoms with E-state index < -0.39 is 0 Å². The van der Waals surface area contributed by atoms with E-state index in [2.05, 4.69) is 31.2 Å². The Balaban J connectivity index is 1.51. The van der Waals surface area contributed by atoms with Crippen LogP contribution in [-0.4, -0.2) is 50.4 Å². The van der Waals surface area contributed by atoms with Crippen LogP contribution in [0.4, 0.5) is 0 Å². The molecule has 0 radical (unpaired) electrons. The third-order valence-corrected chi connectivity index (χ3v) is 4.80. The maximum absolute atomic E-state index is 5.41. The molecule has 2 N–H and O–H groups in total. The number of aliphatic imine (C=N–C) groups is 1. The predicted octanol–water partition coefficient (Wildman–Crippen LogP) is 2.82. The molecule has 30 heavy (non-hydrogen) atoms. The molecule has 0 aliphatic rings. The van der Waals surface area contributed by atoms with Gasteiger partial charge in [-0.2, -0.15) is 0 Å². The Morgan fingerprint density at radius 3 is 2.43 bits per heavy atom. The topological polar surface area (TPSA) is 81.9 Å². The zero-order valence-corrected chi connectivity index (χ0v) is 17.9.